The summed E-state index contributed by atoms with van der Waals surface area (Å²) in [6.45, 7) is 5.22. The quantitative estimate of drug-likeness (QED) is 0.826. The molecule has 0 saturated carbocycles. The minimum absolute atomic E-state index is 0.461. The number of pyridine rings is 1. The maximum absolute atomic E-state index is 11.7. The number of hydrogen-bond donors (Lipinski definition) is 2. The van der Waals surface area contributed by atoms with E-state index in [0.717, 1.165) is 0 Å². The molecule has 0 aromatic carbocycles. The van der Waals surface area contributed by atoms with Crippen LogP contribution in [0.1, 0.15) is 32.4 Å². The minimum Gasteiger partial charge on any atom is -0.459 e. The zero-order valence-corrected chi connectivity index (χ0v) is 12.1. The van der Waals surface area contributed by atoms with Crippen LogP contribution in [-0.2, 0) is 9.53 Å². The van der Waals surface area contributed by atoms with E-state index in [4.69, 9.17) is 10.5 Å². The summed E-state index contributed by atoms with van der Waals surface area (Å²) in [5.74, 6) is -0.644. The van der Waals surface area contributed by atoms with Crippen molar-refractivity contribution in [1.82, 2.24) is 4.98 Å². The molecule has 0 amide bonds. The molecule has 2 unspecified atom stereocenters. The summed E-state index contributed by atoms with van der Waals surface area (Å²) in [6, 6.07) is 0.516. The predicted molar refractivity (Wildman–Crippen MR) is 70.7 cm³/mol. The Balaban J connectivity index is 2.78. The SMILES string of the molecule is CC(C)(C)OC(=O)C(N)C(O)c1cncc(Br)c1. The molecule has 0 bridgehead atoms. The molecule has 3 N–H and O–H groups in total. The normalized spacial score (nSPS) is 15.0. The molecule has 0 fully saturated rings. The van der Waals surface area contributed by atoms with Crippen LogP contribution in [0.15, 0.2) is 22.9 Å². The van der Waals surface area contributed by atoms with Crippen LogP contribution in [-0.4, -0.2) is 27.7 Å². The first kappa shape index (κ1) is 15.1. The second-order valence-electron chi connectivity index (χ2n) is 4.94. The molecule has 1 aromatic rings. The van der Waals surface area contributed by atoms with Gasteiger partial charge in [0.1, 0.15) is 17.7 Å². The summed E-state index contributed by atoms with van der Waals surface area (Å²) >= 11 is 3.23. The molecule has 6 heteroatoms. The van der Waals surface area contributed by atoms with Crippen molar-refractivity contribution in [2.75, 3.05) is 0 Å². The molecule has 1 rings (SSSR count). The highest BCUT2D eigenvalue weighted by atomic mass is 79.9. The molecular formula is C12H17BrN2O3. The van der Waals surface area contributed by atoms with E-state index in [1.165, 1.54) is 6.20 Å². The standard InChI is InChI=1S/C12H17BrN2O3/c1-12(2,3)18-11(17)9(14)10(16)7-4-8(13)6-15-5-7/h4-6,9-10,16H,14H2,1-3H3. The van der Waals surface area contributed by atoms with E-state index in [-0.39, 0.29) is 0 Å². The first-order valence-electron chi connectivity index (χ1n) is 5.47. The summed E-state index contributed by atoms with van der Waals surface area (Å²) in [4.78, 5) is 15.6. The predicted octanol–water partition coefficient (Wildman–Crippen LogP) is 1.55. The van der Waals surface area contributed by atoms with Gasteiger partial charge in [-0.2, -0.15) is 0 Å². The lowest BCUT2D eigenvalue weighted by molar-refractivity contribution is -0.159. The number of hydrogen-bond acceptors (Lipinski definition) is 5. The number of rotatable bonds is 3. The largest absolute Gasteiger partial charge is 0.459 e. The number of aromatic nitrogens is 1. The number of halogens is 1. The van der Waals surface area contributed by atoms with Gasteiger partial charge in [0.2, 0.25) is 0 Å². The van der Waals surface area contributed by atoms with Gasteiger partial charge in [0.05, 0.1) is 0 Å². The Bertz CT molecular complexity index is 432. The molecule has 100 valence electrons. The summed E-state index contributed by atoms with van der Waals surface area (Å²) in [5.41, 5.74) is 5.51. The Morgan fingerprint density at radius 1 is 1.50 bits per heavy atom. The number of aliphatic hydroxyl groups is 1. The second kappa shape index (κ2) is 5.77. The monoisotopic (exact) mass is 316 g/mol. The van der Waals surface area contributed by atoms with Gasteiger partial charge < -0.3 is 15.6 Å². The van der Waals surface area contributed by atoms with E-state index >= 15 is 0 Å². The number of ether oxygens (including phenoxy) is 1. The van der Waals surface area contributed by atoms with Gasteiger partial charge in [0.25, 0.3) is 0 Å². The molecule has 5 nitrogen and oxygen atoms in total. The zero-order chi connectivity index (χ0) is 13.9. The Kier molecular flexibility index (Phi) is 4.84. The Labute approximate surface area is 114 Å². The second-order valence-corrected chi connectivity index (χ2v) is 5.86. The molecule has 0 spiro atoms. The topological polar surface area (TPSA) is 85.4 Å². The molecular weight excluding hydrogens is 300 g/mol. The Morgan fingerprint density at radius 3 is 2.61 bits per heavy atom. The van der Waals surface area contributed by atoms with E-state index in [0.29, 0.717) is 10.0 Å². The molecule has 0 radical (unpaired) electrons. The van der Waals surface area contributed by atoms with Crippen molar-refractivity contribution in [3.63, 3.8) is 0 Å². The summed E-state index contributed by atoms with van der Waals surface area (Å²) in [7, 11) is 0. The first-order valence-corrected chi connectivity index (χ1v) is 6.27. The lowest BCUT2D eigenvalue weighted by atomic mass is 10.0. The van der Waals surface area contributed by atoms with Crippen molar-refractivity contribution in [2.45, 2.75) is 38.5 Å². The highest BCUT2D eigenvalue weighted by Crippen LogP contribution is 2.20. The average molecular weight is 317 g/mol. The van der Waals surface area contributed by atoms with Gasteiger partial charge in [-0.15, -0.1) is 0 Å². The summed E-state index contributed by atoms with van der Waals surface area (Å²) in [5, 5.41) is 9.99. The van der Waals surface area contributed by atoms with Crippen LogP contribution < -0.4 is 5.73 Å². The number of esters is 1. The van der Waals surface area contributed by atoms with Crippen LogP contribution in [0.3, 0.4) is 0 Å². The lowest BCUT2D eigenvalue weighted by Crippen LogP contribution is -2.41. The van der Waals surface area contributed by atoms with E-state index in [2.05, 4.69) is 20.9 Å². The van der Waals surface area contributed by atoms with Crippen LogP contribution in [0.4, 0.5) is 0 Å². The van der Waals surface area contributed by atoms with Gasteiger partial charge in [-0.25, -0.2) is 0 Å². The third kappa shape index (κ3) is 4.36. The van der Waals surface area contributed by atoms with Gasteiger partial charge in [0.15, 0.2) is 0 Å². The van der Waals surface area contributed by atoms with E-state index in [1.54, 1.807) is 33.0 Å². The average Bonchev–Trinajstić information content (AvgIpc) is 2.24. The molecule has 0 saturated heterocycles. The van der Waals surface area contributed by atoms with Crippen molar-refractivity contribution < 1.29 is 14.6 Å². The third-order valence-electron chi connectivity index (χ3n) is 2.09. The number of carbonyl (C=O) groups excluding carboxylic acids is 1. The Hall–Kier alpha value is -0.980. The van der Waals surface area contributed by atoms with Crippen molar-refractivity contribution >= 4 is 21.9 Å². The molecule has 0 aliphatic heterocycles. The molecule has 1 aromatic heterocycles. The molecule has 0 aliphatic carbocycles. The van der Waals surface area contributed by atoms with E-state index in [9.17, 15) is 9.90 Å². The minimum atomic E-state index is -1.15. The van der Waals surface area contributed by atoms with Crippen molar-refractivity contribution in [1.29, 1.82) is 0 Å². The van der Waals surface area contributed by atoms with E-state index in [1.807, 2.05) is 0 Å². The van der Waals surface area contributed by atoms with Crippen LogP contribution >= 0.6 is 15.9 Å². The number of carbonyl (C=O) groups is 1. The number of nitrogens with two attached hydrogens (primary N) is 1. The Morgan fingerprint density at radius 2 is 2.11 bits per heavy atom. The van der Waals surface area contributed by atoms with E-state index < -0.39 is 23.7 Å². The fraction of sp³-hybridized carbons (Fsp3) is 0.500. The zero-order valence-electron chi connectivity index (χ0n) is 10.6. The van der Waals surface area contributed by atoms with Crippen molar-refractivity contribution in [2.24, 2.45) is 5.73 Å². The maximum Gasteiger partial charge on any atom is 0.326 e. The number of aliphatic hydroxyl groups excluding tert-OH is 1. The molecule has 0 aliphatic rings. The van der Waals surface area contributed by atoms with Crippen molar-refractivity contribution in [3.8, 4) is 0 Å². The maximum atomic E-state index is 11.7. The molecule has 18 heavy (non-hydrogen) atoms. The van der Waals surface area contributed by atoms with Crippen LogP contribution in [0.25, 0.3) is 0 Å². The van der Waals surface area contributed by atoms with Gasteiger partial charge >= 0.3 is 5.97 Å². The van der Waals surface area contributed by atoms with Crippen LogP contribution in [0.5, 0.6) is 0 Å². The van der Waals surface area contributed by atoms with Gasteiger partial charge in [-0.1, -0.05) is 0 Å². The highest BCUT2D eigenvalue weighted by molar-refractivity contribution is 9.10. The van der Waals surface area contributed by atoms with Gasteiger partial charge in [-0.3, -0.25) is 9.78 Å². The summed E-state index contributed by atoms with van der Waals surface area (Å²) < 4.78 is 5.82. The van der Waals surface area contributed by atoms with Crippen molar-refractivity contribution in [3.05, 3.63) is 28.5 Å². The van der Waals surface area contributed by atoms with Gasteiger partial charge in [-0.05, 0) is 42.8 Å². The lowest BCUT2D eigenvalue weighted by Gasteiger charge is -2.24. The first-order chi connectivity index (χ1) is 8.20. The highest BCUT2D eigenvalue weighted by Gasteiger charge is 2.29. The molecule has 2 atom stereocenters. The van der Waals surface area contributed by atoms with Crippen LogP contribution in [0, 0.1) is 0 Å². The fourth-order valence-corrected chi connectivity index (χ4v) is 1.68. The smallest absolute Gasteiger partial charge is 0.326 e. The fourth-order valence-electron chi connectivity index (χ4n) is 1.30. The van der Waals surface area contributed by atoms with Gasteiger partial charge in [0, 0.05) is 22.4 Å². The van der Waals surface area contributed by atoms with Crippen LogP contribution in [0.2, 0.25) is 0 Å². The summed E-state index contributed by atoms with van der Waals surface area (Å²) in [6.07, 6.45) is 1.89. The molecule has 1 heterocycles. The number of nitrogens with zero attached hydrogens (tertiary/aromatic N) is 1. The third-order valence-corrected chi connectivity index (χ3v) is 2.52.